The second-order valence-corrected chi connectivity index (χ2v) is 7.24. The molecule has 0 aliphatic heterocycles. The second-order valence-electron chi connectivity index (χ2n) is 5.93. The quantitative estimate of drug-likeness (QED) is 0.632. The molecule has 0 spiro atoms. The Morgan fingerprint density at radius 3 is 2.48 bits per heavy atom. The number of halogens is 1. The minimum atomic E-state index is -0.449. The predicted octanol–water partition coefficient (Wildman–Crippen LogP) is 2.87. The highest BCUT2D eigenvalue weighted by Gasteiger charge is 2.21. The number of amides is 1. The van der Waals surface area contributed by atoms with E-state index in [0.717, 1.165) is 5.56 Å². The summed E-state index contributed by atoms with van der Waals surface area (Å²) in [6.45, 7) is 3.59. The number of nitrogens with one attached hydrogen (secondary N) is 1. The van der Waals surface area contributed by atoms with Crippen LogP contribution in [0.25, 0.3) is 5.69 Å². The standard InChI is InChI=1S/C18H18FN5O2S/c1-11(13-3-5-14(19)6-4-13)20-17(26)12(2)27-18-21-22-23-24(18)15-7-9-16(25)10-8-15/h3-12,25H,1-2H3,(H,20,26). The zero-order valence-electron chi connectivity index (χ0n) is 14.7. The van der Waals surface area contributed by atoms with Crippen molar-refractivity contribution in [2.45, 2.75) is 30.3 Å². The summed E-state index contributed by atoms with van der Waals surface area (Å²) >= 11 is 1.22. The van der Waals surface area contributed by atoms with Gasteiger partial charge in [-0.3, -0.25) is 4.79 Å². The lowest BCUT2D eigenvalue weighted by Gasteiger charge is -2.17. The van der Waals surface area contributed by atoms with Gasteiger partial charge in [0.25, 0.3) is 0 Å². The highest BCUT2D eigenvalue weighted by atomic mass is 32.2. The van der Waals surface area contributed by atoms with Gasteiger partial charge in [-0.2, -0.15) is 4.68 Å². The lowest BCUT2D eigenvalue weighted by atomic mass is 10.1. The molecule has 3 aromatic rings. The van der Waals surface area contributed by atoms with E-state index in [-0.39, 0.29) is 23.5 Å². The SMILES string of the molecule is CC(Sc1nnnn1-c1ccc(O)cc1)C(=O)NC(C)c1ccc(F)cc1. The Bertz CT molecular complexity index is 914. The zero-order valence-corrected chi connectivity index (χ0v) is 15.5. The zero-order chi connectivity index (χ0) is 19.4. The number of aromatic hydroxyl groups is 1. The number of aromatic nitrogens is 4. The Morgan fingerprint density at radius 1 is 1.15 bits per heavy atom. The number of phenolic OH excluding ortho intramolecular Hbond substituents is 1. The molecule has 0 bridgehead atoms. The van der Waals surface area contributed by atoms with E-state index in [1.807, 2.05) is 6.92 Å². The Hall–Kier alpha value is -2.94. The van der Waals surface area contributed by atoms with E-state index in [1.165, 1.54) is 40.7 Å². The molecule has 3 rings (SSSR count). The Kier molecular flexibility index (Phi) is 5.70. The first-order valence-electron chi connectivity index (χ1n) is 8.24. The highest BCUT2D eigenvalue weighted by Crippen LogP contribution is 2.24. The molecule has 1 amide bonds. The van der Waals surface area contributed by atoms with Crippen LogP contribution in [0.3, 0.4) is 0 Å². The molecule has 27 heavy (non-hydrogen) atoms. The molecular formula is C18H18FN5O2S. The van der Waals surface area contributed by atoms with Crippen molar-refractivity contribution < 1.29 is 14.3 Å². The van der Waals surface area contributed by atoms with Crippen LogP contribution in [-0.2, 0) is 4.79 Å². The molecule has 9 heteroatoms. The summed E-state index contributed by atoms with van der Waals surface area (Å²) in [5.41, 5.74) is 1.49. The summed E-state index contributed by atoms with van der Waals surface area (Å²) in [6, 6.07) is 12.2. The van der Waals surface area contributed by atoms with Crippen molar-refractivity contribution in [1.29, 1.82) is 0 Å². The number of rotatable bonds is 6. The van der Waals surface area contributed by atoms with Crippen LogP contribution in [0.1, 0.15) is 25.5 Å². The van der Waals surface area contributed by atoms with Crippen molar-refractivity contribution in [2.24, 2.45) is 0 Å². The number of carbonyl (C=O) groups excluding carboxylic acids is 1. The van der Waals surface area contributed by atoms with Gasteiger partial charge >= 0.3 is 0 Å². The number of tetrazole rings is 1. The maximum Gasteiger partial charge on any atom is 0.233 e. The molecule has 0 aliphatic rings. The normalized spacial score (nSPS) is 13.1. The Morgan fingerprint density at radius 2 is 1.81 bits per heavy atom. The van der Waals surface area contributed by atoms with Crippen LogP contribution in [0.5, 0.6) is 5.75 Å². The molecule has 0 saturated carbocycles. The molecule has 2 unspecified atom stereocenters. The summed E-state index contributed by atoms with van der Waals surface area (Å²) < 4.78 is 14.5. The van der Waals surface area contributed by atoms with Crippen LogP contribution < -0.4 is 5.32 Å². The number of carbonyl (C=O) groups is 1. The van der Waals surface area contributed by atoms with Crippen LogP contribution in [-0.4, -0.2) is 36.5 Å². The number of thioether (sulfide) groups is 1. The van der Waals surface area contributed by atoms with Gasteiger partial charge in [0.1, 0.15) is 11.6 Å². The van der Waals surface area contributed by atoms with Crippen molar-refractivity contribution in [3.8, 4) is 11.4 Å². The molecular weight excluding hydrogens is 369 g/mol. The van der Waals surface area contributed by atoms with Gasteiger partial charge < -0.3 is 10.4 Å². The van der Waals surface area contributed by atoms with Gasteiger partial charge in [0, 0.05) is 0 Å². The first kappa shape index (κ1) is 18.8. The number of phenols is 1. The minimum Gasteiger partial charge on any atom is -0.508 e. The first-order valence-corrected chi connectivity index (χ1v) is 9.12. The van der Waals surface area contributed by atoms with Gasteiger partial charge in [-0.1, -0.05) is 23.9 Å². The third-order valence-corrected chi connectivity index (χ3v) is 4.95. The minimum absolute atomic E-state index is 0.142. The van der Waals surface area contributed by atoms with Gasteiger partial charge in [-0.05, 0) is 66.2 Å². The van der Waals surface area contributed by atoms with E-state index in [9.17, 15) is 14.3 Å². The van der Waals surface area contributed by atoms with E-state index in [0.29, 0.717) is 10.8 Å². The Balaban J connectivity index is 1.66. The number of hydrogen-bond donors (Lipinski definition) is 2. The smallest absolute Gasteiger partial charge is 0.233 e. The number of benzene rings is 2. The van der Waals surface area contributed by atoms with Gasteiger partial charge in [-0.25, -0.2) is 4.39 Å². The maximum absolute atomic E-state index is 13.0. The third kappa shape index (κ3) is 4.62. The molecule has 1 heterocycles. The van der Waals surface area contributed by atoms with Crippen LogP contribution in [0.15, 0.2) is 53.7 Å². The predicted molar refractivity (Wildman–Crippen MR) is 99.1 cm³/mol. The molecule has 0 saturated heterocycles. The van der Waals surface area contributed by atoms with Crippen molar-refractivity contribution in [3.05, 3.63) is 59.9 Å². The van der Waals surface area contributed by atoms with Crippen LogP contribution in [0, 0.1) is 5.82 Å². The fourth-order valence-electron chi connectivity index (χ4n) is 2.39. The van der Waals surface area contributed by atoms with Crippen molar-refractivity contribution in [2.75, 3.05) is 0 Å². The summed E-state index contributed by atoms with van der Waals surface area (Å²) in [5.74, 6) is -0.358. The third-order valence-electron chi connectivity index (χ3n) is 3.92. The topological polar surface area (TPSA) is 92.9 Å². The van der Waals surface area contributed by atoms with E-state index in [1.54, 1.807) is 31.2 Å². The summed E-state index contributed by atoms with van der Waals surface area (Å²) in [5, 5.41) is 23.9. The largest absolute Gasteiger partial charge is 0.508 e. The lowest BCUT2D eigenvalue weighted by Crippen LogP contribution is -2.33. The van der Waals surface area contributed by atoms with Gasteiger partial charge in [0.15, 0.2) is 0 Å². The summed E-state index contributed by atoms with van der Waals surface area (Å²) in [7, 11) is 0. The van der Waals surface area contributed by atoms with Crippen LogP contribution in [0.2, 0.25) is 0 Å². The average Bonchev–Trinajstić information content (AvgIpc) is 3.10. The van der Waals surface area contributed by atoms with Crippen molar-refractivity contribution >= 4 is 17.7 Å². The van der Waals surface area contributed by atoms with E-state index >= 15 is 0 Å². The molecule has 0 fully saturated rings. The molecule has 0 aliphatic carbocycles. The number of hydrogen-bond acceptors (Lipinski definition) is 6. The van der Waals surface area contributed by atoms with E-state index in [2.05, 4.69) is 20.8 Å². The lowest BCUT2D eigenvalue weighted by molar-refractivity contribution is -0.120. The fraction of sp³-hybridized carbons (Fsp3) is 0.222. The second kappa shape index (κ2) is 8.17. The first-order chi connectivity index (χ1) is 12.9. The molecule has 2 aromatic carbocycles. The van der Waals surface area contributed by atoms with Gasteiger partial charge in [0.05, 0.1) is 17.0 Å². The highest BCUT2D eigenvalue weighted by molar-refractivity contribution is 8.00. The summed E-state index contributed by atoms with van der Waals surface area (Å²) in [4.78, 5) is 12.5. The molecule has 140 valence electrons. The fourth-order valence-corrected chi connectivity index (χ4v) is 3.20. The van der Waals surface area contributed by atoms with Crippen molar-refractivity contribution in [3.63, 3.8) is 0 Å². The molecule has 1 aromatic heterocycles. The molecule has 0 radical (unpaired) electrons. The van der Waals surface area contributed by atoms with Crippen LogP contribution >= 0.6 is 11.8 Å². The van der Waals surface area contributed by atoms with Gasteiger partial charge in [-0.15, -0.1) is 5.10 Å². The monoisotopic (exact) mass is 387 g/mol. The van der Waals surface area contributed by atoms with E-state index in [4.69, 9.17) is 0 Å². The van der Waals surface area contributed by atoms with Crippen LogP contribution in [0.4, 0.5) is 4.39 Å². The van der Waals surface area contributed by atoms with Crippen molar-refractivity contribution in [1.82, 2.24) is 25.5 Å². The molecule has 2 N–H and O–H groups in total. The maximum atomic E-state index is 13.0. The average molecular weight is 387 g/mol. The van der Waals surface area contributed by atoms with E-state index < -0.39 is 5.25 Å². The summed E-state index contributed by atoms with van der Waals surface area (Å²) in [6.07, 6.45) is 0. The molecule has 2 atom stereocenters. The Labute approximate surface area is 159 Å². The number of nitrogens with zero attached hydrogens (tertiary/aromatic N) is 4. The molecule has 7 nitrogen and oxygen atoms in total. The van der Waals surface area contributed by atoms with Gasteiger partial charge in [0.2, 0.25) is 11.1 Å².